The molecule has 0 radical (unpaired) electrons. The molecule has 2 aliphatic carbocycles. The van der Waals surface area contributed by atoms with Crippen molar-refractivity contribution in [1.82, 2.24) is 5.32 Å². The van der Waals surface area contributed by atoms with Gasteiger partial charge in [0, 0.05) is 17.0 Å². The van der Waals surface area contributed by atoms with Gasteiger partial charge in [0.05, 0.1) is 0 Å². The smallest absolute Gasteiger partial charge is 0.0400 e. The summed E-state index contributed by atoms with van der Waals surface area (Å²) < 4.78 is 0. The molecule has 144 valence electrons. The Bertz CT molecular complexity index is 692. The van der Waals surface area contributed by atoms with Gasteiger partial charge in [-0.2, -0.15) is 0 Å². The zero-order valence-corrected chi connectivity index (χ0v) is 17.2. The lowest BCUT2D eigenvalue weighted by molar-refractivity contribution is 0.206. The SMILES string of the molecule is CCC1(NC2C=CC(c3ccccc3)(c3ccccc3)C2)CCCCC1.Cl. The Morgan fingerprint density at radius 2 is 1.41 bits per heavy atom. The van der Waals surface area contributed by atoms with Gasteiger partial charge < -0.3 is 5.32 Å². The molecular weight excluding hydrogens is 350 g/mol. The van der Waals surface area contributed by atoms with Crippen LogP contribution in [-0.2, 0) is 5.41 Å². The van der Waals surface area contributed by atoms with Crippen LogP contribution in [0, 0.1) is 0 Å². The molecule has 1 nitrogen and oxygen atoms in total. The predicted octanol–water partition coefficient (Wildman–Crippen LogP) is 6.43. The number of rotatable bonds is 5. The summed E-state index contributed by atoms with van der Waals surface area (Å²) in [5.74, 6) is 0. The third kappa shape index (κ3) is 4.00. The van der Waals surface area contributed by atoms with Crippen molar-refractivity contribution in [3.8, 4) is 0 Å². The second-order valence-electron chi connectivity index (χ2n) is 8.21. The largest absolute Gasteiger partial charge is 0.305 e. The van der Waals surface area contributed by atoms with E-state index in [1.165, 1.54) is 49.7 Å². The number of benzene rings is 2. The van der Waals surface area contributed by atoms with Gasteiger partial charge in [-0.05, 0) is 36.8 Å². The number of allylic oxidation sites excluding steroid dienone is 1. The molecule has 0 amide bonds. The van der Waals surface area contributed by atoms with Crippen molar-refractivity contribution in [1.29, 1.82) is 0 Å². The highest BCUT2D eigenvalue weighted by Crippen LogP contribution is 2.43. The normalized spacial score (nSPS) is 22.9. The summed E-state index contributed by atoms with van der Waals surface area (Å²) in [6.07, 6.45) is 14.1. The van der Waals surface area contributed by atoms with Crippen LogP contribution in [0.15, 0.2) is 72.8 Å². The van der Waals surface area contributed by atoms with Crippen molar-refractivity contribution in [2.45, 2.75) is 68.9 Å². The topological polar surface area (TPSA) is 12.0 Å². The Kier molecular flexibility index (Phi) is 6.44. The summed E-state index contributed by atoms with van der Waals surface area (Å²) in [6, 6.07) is 22.5. The minimum Gasteiger partial charge on any atom is -0.305 e. The van der Waals surface area contributed by atoms with E-state index in [4.69, 9.17) is 0 Å². The zero-order valence-electron chi connectivity index (χ0n) is 16.4. The minimum absolute atomic E-state index is 0. The van der Waals surface area contributed by atoms with E-state index in [-0.39, 0.29) is 17.8 Å². The van der Waals surface area contributed by atoms with Crippen molar-refractivity contribution in [3.05, 3.63) is 83.9 Å². The molecule has 1 atom stereocenters. The number of hydrogen-bond acceptors (Lipinski definition) is 1. The molecule has 27 heavy (non-hydrogen) atoms. The summed E-state index contributed by atoms with van der Waals surface area (Å²) in [5, 5.41) is 4.09. The van der Waals surface area contributed by atoms with Gasteiger partial charge in [-0.25, -0.2) is 0 Å². The first kappa shape index (κ1) is 20.2. The van der Waals surface area contributed by atoms with E-state index in [0.717, 1.165) is 6.42 Å². The van der Waals surface area contributed by atoms with Crippen LogP contribution in [-0.4, -0.2) is 11.6 Å². The molecule has 1 fully saturated rings. The van der Waals surface area contributed by atoms with Crippen molar-refractivity contribution in [3.63, 3.8) is 0 Å². The quantitative estimate of drug-likeness (QED) is 0.588. The van der Waals surface area contributed by atoms with Gasteiger partial charge in [0.25, 0.3) is 0 Å². The monoisotopic (exact) mass is 381 g/mol. The molecule has 1 saturated carbocycles. The Morgan fingerprint density at radius 3 is 1.93 bits per heavy atom. The van der Waals surface area contributed by atoms with Crippen molar-refractivity contribution < 1.29 is 0 Å². The lowest BCUT2D eigenvalue weighted by Crippen LogP contribution is -2.50. The number of hydrogen-bond donors (Lipinski definition) is 1. The molecule has 2 aliphatic rings. The third-order valence-electron chi connectivity index (χ3n) is 6.71. The summed E-state index contributed by atoms with van der Waals surface area (Å²) >= 11 is 0. The summed E-state index contributed by atoms with van der Waals surface area (Å²) in [5.41, 5.74) is 3.14. The molecule has 2 aromatic rings. The lowest BCUT2D eigenvalue weighted by Gasteiger charge is -2.40. The Balaban J connectivity index is 0.00000210. The summed E-state index contributed by atoms with van der Waals surface area (Å²) in [6.45, 7) is 2.36. The van der Waals surface area contributed by atoms with Gasteiger partial charge in [-0.3, -0.25) is 0 Å². The summed E-state index contributed by atoms with van der Waals surface area (Å²) in [7, 11) is 0. The fraction of sp³-hybridized carbons (Fsp3) is 0.440. The molecule has 0 aliphatic heterocycles. The second-order valence-corrected chi connectivity index (χ2v) is 8.21. The maximum Gasteiger partial charge on any atom is 0.0400 e. The predicted molar refractivity (Wildman–Crippen MR) is 118 cm³/mol. The van der Waals surface area contributed by atoms with Crippen LogP contribution in [0.3, 0.4) is 0 Å². The van der Waals surface area contributed by atoms with Crippen LogP contribution >= 0.6 is 12.4 Å². The third-order valence-corrected chi connectivity index (χ3v) is 6.71. The van der Waals surface area contributed by atoms with Crippen LogP contribution in [0.2, 0.25) is 0 Å². The molecule has 0 heterocycles. The van der Waals surface area contributed by atoms with Crippen LogP contribution in [0.25, 0.3) is 0 Å². The molecule has 0 bridgehead atoms. The van der Waals surface area contributed by atoms with Crippen LogP contribution in [0.5, 0.6) is 0 Å². The highest BCUT2D eigenvalue weighted by atomic mass is 35.5. The molecule has 2 aromatic carbocycles. The first-order chi connectivity index (χ1) is 12.8. The molecule has 4 rings (SSSR count). The van der Waals surface area contributed by atoms with E-state index >= 15 is 0 Å². The molecular formula is C25H32ClN. The molecule has 2 heteroatoms. The molecule has 0 saturated heterocycles. The Labute approximate surface area is 170 Å². The Hall–Kier alpha value is -1.57. The van der Waals surface area contributed by atoms with E-state index in [1.807, 2.05) is 0 Å². The molecule has 1 unspecified atom stereocenters. The maximum absolute atomic E-state index is 4.09. The van der Waals surface area contributed by atoms with E-state index in [9.17, 15) is 0 Å². The highest BCUT2D eigenvalue weighted by Gasteiger charge is 2.40. The van der Waals surface area contributed by atoms with E-state index in [0.29, 0.717) is 11.6 Å². The maximum atomic E-state index is 4.09. The minimum atomic E-state index is -0.0101. The van der Waals surface area contributed by atoms with Crippen LogP contribution < -0.4 is 5.32 Å². The standard InChI is InChI=1S/C25H31N.ClH/c1-2-24(17-10-5-11-18-24)26-23-16-19-25(20-23,21-12-6-3-7-13-21)22-14-8-4-9-15-22;/h3-4,6-9,12-16,19,23,26H,2,5,10-11,17-18,20H2,1H3;1H. The first-order valence-electron chi connectivity index (χ1n) is 10.3. The fourth-order valence-electron chi connectivity index (χ4n) is 5.15. The highest BCUT2D eigenvalue weighted by molar-refractivity contribution is 5.85. The van der Waals surface area contributed by atoms with Crippen molar-refractivity contribution in [2.75, 3.05) is 0 Å². The lowest BCUT2D eigenvalue weighted by atomic mass is 9.73. The van der Waals surface area contributed by atoms with Gasteiger partial charge in [-0.15, -0.1) is 12.4 Å². The zero-order chi connectivity index (χ0) is 17.9. The molecule has 0 spiro atoms. The van der Waals surface area contributed by atoms with Gasteiger partial charge in [0.1, 0.15) is 0 Å². The van der Waals surface area contributed by atoms with Gasteiger partial charge in [0.2, 0.25) is 0 Å². The number of halogens is 1. The average molecular weight is 382 g/mol. The first-order valence-corrected chi connectivity index (χ1v) is 10.3. The van der Waals surface area contributed by atoms with Crippen molar-refractivity contribution >= 4 is 12.4 Å². The van der Waals surface area contributed by atoms with Gasteiger partial charge >= 0.3 is 0 Å². The van der Waals surface area contributed by atoms with Crippen LogP contribution in [0.1, 0.15) is 63.0 Å². The van der Waals surface area contributed by atoms with E-state index < -0.39 is 0 Å². The molecule has 0 aromatic heterocycles. The fourth-order valence-corrected chi connectivity index (χ4v) is 5.15. The van der Waals surface area contributed by atoms with Gasteiger partial charge in [-0.1, -0.05) is 99.0 Å². The van der Waals surface area contributed by atoms with Crippen molar-refractivity contribution in [2.24, 2.45) is 0 Å². The second kappa shape index (κ2) is 8.63. The van der Waals surface area contributed by atoms with Crippen LogP contribution in [0.4, 0.5) is 0 Å². The average Bonchev–Trinajstić information content (AvgIpc) is 3.15. The van der Waals surface area contributed by atoms with E-state index in [1.54, 1.807) is 0 Å². The Morgan fingerprint density at radius 1 is 0.852 bits per heavy atom. The summed E-state index contributed by atoms with van der Waals surface area (Å²) in [4.78, 5) is 0. The van der Waals surface area contributed by atoms with E-state index in [2.05, 4.69) is 85.1 Å². The molecule has 1 N–H and O–H groups in total. The number of nitrogens with one attached hydrogen (secondary N) is 1. The van der Waals surface area contributed by atoms with Gasteiger partial charge in [0.15, 0.2) is 0 Å².